The quantitative estimate of drug-likeness (QED) is 0.443. The number of halogens is 2. The highest BCUT2D eigenvalue weighted by atomic mass is 127. The lowest BCUT2D eigenvalue weighted by molar-refractivity contribution is 0.415. The van der Waals surface area contributed by atoms with Gasteiger partial charge in [-0.25, -0.2) is 9.97 Å². The van der Waals surface area contributed by atoms with Crippen LogP contribution in [0.25, 0.3) is 21.6 Å². The van der Waals surface area contributed by atoms with Gasteiger partial charge in [0.1, 0.15) is 27.2 Å². The Kier molecular flexibility index (Phi) is 4.02. The van der Waals surface area contributed by atoms with E-state index in [4.69, 9.17) is 22.8 Å². The summed E-state index contributed by atoms with van der Waals surface area (Å²) in [6.45, 7) is 0. The fourth-order valence-electron chi connectivity index (χ4n) is 1.92. The maximum atomic E-state index is 6.37. The molecule has 0 radical (unpaired) electrons. The van der Waals surface area contributed by atoms with E-state index in [2.05, 4.69) is 38.5 Å². The number of ether oxygens (including phenoxy) is 1. The van der Waals surface area contributed by atoms with Gasteiger partial charge in [0.15, 0.2) is 0 Å². The Labute approximate surface area is 144 Å². The fourth-order valence-corrected chi connectivity index (χ4v) is 3.66. The molecule has 0 N–H and O–H groups in total. The molecule has 0 unspecified atom stereocenters. The van der Waals surface area contributed by atoms with E-state index in [1.54, 1.807) is 7.11 Å². The van der Waals surface area contributed by atoms with Gasteiger partial charge in [0, 0.05) is 14.3 Å². The van der Waals surface area contributed by atoms with Crippen LogP contribution in [0.5, 0.6) is 5.75 Å². The number of methoxy groups -OCH3 is 1. The van der Waals surface area contributed by atoms with Crippen LogP contribution in [0.1, 0.15) is 5.69 Å². The number of fused-ring (bicyclic) bond motifs is 1. The van der Waals surface area contributed by atoms with Crippen molar-refractivity contribution < 1.29 is 4.74 Å². The largest absolute Gasteiger partial charge is 0.495 e. The highest BCUT2D eigenvalue weighted by Gasteiger charge is 2.14. The zero-order valence-electron chi connectivity index (χ0n) is 10.9. The predicted octanol–water partition coefficient (Wildman–Crippen LogP) is 4.61. The van der Waals surface area contributed by atoms with Crippen LogP contribution in [0.4, 0.5) is 0 Å². The van der Waals surface area contributed by atoms with Crippen LogP contribution in [0.3, 0.4) is 0 Å². The first-order valence-corrected chi connectivity index (χ1v) is 8.23. The normalized spacial score (nSPS) is 10.6. The van der Waals surface area contributed by atoms with E-state index in [0.717, 1.165) is 19.7 Å². The van der Waals surface area contributed by atoms with Gasteiger partial charge in [-0.05, 0) is 46.7 Å². The predicted molar refractivity (Wildman–Crippen MR) is 95.1 cm³/mol. The smallest absolute Gasteiger partial charge is 0.143 e. The van der Waals surface area contributed by atoms with E-state index in [1.165, 1.54) is 11.3 Å². The van der Waals surface area contributed by atoms with Gasteiger partial charge in [0.05, 0.1) is 12.6 Å². The first-order valence-electron chi connectivity index (χ1n) is 5.89. The molecular weight excluding hydrogens is 419 g/mol. The van der Waals surface area contributed by atoms with Gasteiger partial charge in [0.25, 0.3) is 0 Å². The van der Waals surface area contributed by atoms with Crippen molar-refractivity contribution >= 4 is 56.4 Å². The second-order valence-electron chi connectivity index (χ2n) is 4.15. The van der Waals surface area contributed by atoms with E-state index in [0.29, 0.717) is 22.0 Å². The van der Waals surface area contributed by atoms with Crippen LogP contribution in [0.2, 0.25) is 5.02 Å². The number of aromatic nitrogens is 2. The number of pyridine rings is 1. The topological polar surface area (TPSA) is 35.0 Å². The van der Waals surface area contributed by atoms with Crippen LogP contribution in [-0.4, -0.2) is 17.1 Å². The molecule has 2 aromatic heterocycles. The van der Waals surface area contributed by atoms with E-state index in [9.17, 15) is 0 Å². The molecule has 2 heterocycles. The first kappa shape index (κ1) is 14.6. The van der Waals surface area contributed by atoms with Crippen molar-refractivity contribution in [1.29, 1.82) is 0 Å². The number of hydrogen-bond acceptors (Lipinski definition) is 4. The van der Waals surface area contributed by atoms with Gasteiger partial charge in [-0.1, -0.05) is 11.6 Å². The van der Waals surface area contributed by atoms with E-state index >= 15 is 0 Å². The molecule has 1 aromatic carbocycles. The van der Waals surface area contributed by atoms with Crippen molar-refractivity contribution in [2.75, 3.05) is 7.11 Å². The molecule has 0 atom stereocenters. The number of benzene rings is 1. The maximum absolute atomic E-state index is 6.37. The van der Waals surface area contributed by atoms with Crippen LogP contribution in [0, 0.1) is 15.9 Å². The SMILES string of the molecule is C#Cc1csc(-c2cc(I)c3ccc(OC)c(Cl)c3n2)n1. The fraction of sp³-hybridized carbons (Fsp3) is 0.0667. The van der Waals surface area contributed by atoms with Crippen LogP contribution in [-0.2, 0) is 0 Å². The van der Waals surface area contributed by atoms with Crippen LogP contribution < -0.4 is 4.74 Å². The van der Waals surface area contributed by atoms with Crippen molar-refractivity contribution in [2.24, 2.45) is 0 Å². The Hall–Kier alpha value is -1.36. The minimum Gasteiger partial charge on any atom is -0.495 e. The van der Waals surface area contributed by atoms with Crippen molar-refractivity contribution in [2.45, 2.75) is 0 Å². The van der Waals surface area contributed by atoms with E-state index in [1.807, 2.05) is 23.6 Å². The third-order valence-electron chi connectivity index (χ3n) is 2.92. The molecule has 3 aromatic rings. The summed E-state index contributed by atoms with van der Waals surface area (Å²) < 4.78 is 6.30. The van der Waals surface area contributed by atoms with Gasteiger partial charge >= 0.3 is 0 Å². The third kappa shape index (κ3) is 2.59. The van der Waals surface area contributed by atoms with Crippen LogP contribution in [0.15, 0.2) is 23.6 Å². The minimum absolute atomic E-state index is 0.503. The zero-order valence-corrected chi connectivity index (χ0v) is 14.6. The monoisotopic (exact) mass is 426 g/mol. The number of terminal acetylenes is 1. The average Bonchev–Trinajstić information content (AvgIpc) is 2.97. The minimum atomic E-state index is 0.503. The Morgan fingerprint density at radius 2 is 2.19 bits per heavy atom. The van der Waals surface area contributed by atoms with Gasteiger partial charge in [0.2, 0.25) is 0 Å². The lowest BCUT2D eigenvalue weighted by Gasteiger charge is -2.08. The number of nitrogens with zero attached hydrogens (tertiary/aromatic N) is 2. The van der Waals surface area contributed by atoms with Gasteiger partial charge in [-0.2, -0.15) is 0 Å². The molecule has 0 amide bonds. The first-order chi connectivity index (χ1) is 10.1. The summed E-state index contributed by atoms with van der Waals surface area (Å²) in [7, 11) is 1.59. The lowest BCUT2D eigenvalue weighted by Crippen LogP contribution is -1.92. The van der Waals surface area contributed by atoms with Gasteiger partial charge < -0.3 is 4.74 Å². The number of hydrogen-bond donors (Lipinski definition) is 0. The molecule has 21 heavy (non-hydrogen) atoms. The molecule has 3 rings (SSSR count). The summed E-state index contributed by atoms with van der Waals surface area (Å²) in [5.74, 6) is 3.13. The molecule has 0 aliphatic carbocycles. The number of rotatable bonds is 2. The Morgan fingerprint density at radius 3 is 2.86 bits per heavy atom. The Morgan fingerprint density at radius 1 is 1.38 bits per heavy atom. The summed E-state index contributed by atoms with van der Waals surface area (Å²) in [5, 5.41) is 4.10. The molecule has 0 saturated heterocycles. The summed E-state index contributed by atoms with van der Waals surface area (Å²) in [4.78, 5) is 8.99. The molecule has 0 spiro atoms. The van der Waals surface area contributed by atoms with Crippen LogP contribution >= 0.6 is 45.5 Å². The number of thiazole rings is 1. The second kappa shape index (κ2) is 5.79. The van der Waals surface area contributed by atoms with E-state index < -0.39 is 0 Å². The van der Waals surface area contributed by atoms with Crippen molar-refractivity contribution in [3.05, 3.63) is 37.9 Å². The van der Waals surface area contributed by atoms with E-state index in [-0.39, 0.29) is 0 Å². The standard InChI is InChI=1S/C15H8ClIN2OS/c1-3-8-7-21-15(18-8)11-6-10(17)9-4-5-12(20-2)13(16)14(9)19-11/h1,4-7H,2H3. The molecular formula is C15H8ClIN2OS. The summed E-state index contributed by atoms with van der Waals surface area (Å²) >= 11 is 10.1. The zero-order chi connectivity index (χ0) is 15.0. The van der Waals surface area contributed by atoms with Crippen molar-refractivity contribution in [3.63, 3.8) is 0 Å². The molecule has 0 saturated carbocycles. The van der Waals surface area contributed by atoms with Crippen molar-refractivity contribution in [1.82, 2.24) is 9.97 Å². The highest BCUT2D eigenvalue weighted by Crippen LogP contribution is 2.35. The van der Waals surface area contributed by atoms with Gasteiger partial charge in [-0.3, -0.25) is 0 Å². The second-order valence-corrected chi connectivity index (χ2v) is 6.55. The molecule has 0 bridgehead atoms. The molecule has 3 nitrogen and oxygen atoms in total. The average molecular weight is 427 g/mol. The van der Waals surface area contributed by atoms with Gasteiger partial charge in [-0.15, -0.1) is 17.8 Å². The van der Waals surface area contributed by atoms with Crippen molar-refractivity contribution in [3.8, 4) is 28.8 Å². The molecule has 0 aliphatic rings. The lowest BCUT2D eigenvalue weighted by atomic mass is 10.2. The Balaban J connectivity index is 2.26. The molecule has 104 valence electrons. The summed E-state index contributed by atoms with van der Waals surface area (Å²) in [6, 6.07) is 5.77. The molecule has 0 aliphatic heterocycles. The molecule has 6 heteroatoms. The summed E-state index contributed by atoms with van der Waals surface area (Å²) in [6.07, 6.45) is 5.36. The molecule has 0 fully saturated rings. The summed E-state index contributed by atoms with van der Waals surface area (Å²) in [5.41, 5.74) is 2.08. The Bertz CT molecular complexity index is 885. The third-order valence-corrected chi connectivity index (χ3v) is 5.05. The highest BCUT2D eigenvalue weighted by molar-refractivity contribution is 14.1. The maximum Gasteiger partial charge on any atom is 0.143 e.